The number of allylic oxidation sites excluding steroid dienone is 1. The molecule has 156 valence electrons. The third kappa shape index (κ3) is 3.46. The second-order valence-electron chi connectivity index (χ2n) is 8.16. The minimum Gasteiger partial charge on any atom is -0.454 e. The molecule has 0 saturated heterocycles. The highest BCUT2D eigenvalue weighted by Crippen LogP contribution is 2.51. The number of carbonyl (C=O) groups is 1. The van der Waals surface area contributed by atoms with E-state index in [4.69, 9.17) is 9.47 Å². The fraction of sp³-hybridized carbons (Fsp3) is 0.192. The first-order valence-electron chi connectivity index (χ1n) is 10.2. The Hall–Kier alpha value is -3.60. The van der Waals surface area contributed by atoms with Crippen LogP contribution in [-0.4, -0.2) is 12.7 Å². The van der Waals surface area contributed by atoms with Crippen LogP contribution in [0, 0.1) is 5.82 Å². The maximum absolute atomic E-state index is 14.6. The predicted octanol–water partition coefficient (Wildman–Crippen LogP) is 5.92. The maximum Gasteiger partial charge on any atom is 0.235 e. The van der Waals surface area contributed by atoms with Gasteiger partial charge in [0.05, 0.1) is 11.1 Å². The van der Waals surface area contributed by atoms with Crippen molar-refractivity contribution >= 4 is 17.2 Å². The number of hydrogen-bond acceptors (Lipinski definition) is 3. The quantitative estimate of drug-likeness (QED) is 0.562. The SMILES string of the molecule is C=C(C)c1cccc(-c2ccc(F)c(NC(=O)C3(c4ccc5c(c4)OCO5)CC3)c2)c1. The van der Waals surface area contributed by atoms with Crippen molar-refractivity contribution in [3.05, 3.63) is 84.2 Å². The van der Waals surface area contributed by atoms with Crippen molar-refractivity contribution < 1.29 is 18.7 Å². The van der Waals surface area contributed by atoms with E-state index in [0.717, 1.165) is 27.8 Å². The Kier molecular flexibility index (Phi) is 4.54. The van der Waals surface area contributed by atoms with Crippen LogP contribution in [0.3, 0.4) is 0 Å². The summed E-state index contributed by atoms with van der Waals surface area (Å²) in [5.74, 6) is 0.644. The van der Waals surface area contributed by atoms with E-state index in [1.165, 1.54) is 6.07 Å². The van der Waals surface area contributed by atoms with Crippen molar-refractivity contribution in [2.45, 2.75) is 25.2 Å². The molecule has 1 aliphatic carbocycles. The van der Waals surface area contributed by atoms with E-state index >= 15 is 0 Å². The zero-order valence-corrected chi connectivity index (χ0v) is 17.2. The van der Waals surface area contributed by atoms with E-state index in [2.05, 4.69) is 11.9 Å². The number of benzene rings is 3. The molecule has 1 saturated carbocycles. The fourth-order valence-electron chi connectivity index (χ4n) is 3.97. The van der Waals surface area contributed by atoms with Crippen molar-refractivity contribution in [2.24, 2.45) is 0 Å². The van der Waals surface area contributed by atoms with Gasteiger partial charge < -0.3 is 14.8 Å². The third-order valence-corrected chi connectivity index (χ3v) is 6.01. The number of hydrogen-bond donors (Lipinski definition) is 1. The van der Waals surface area contributed by atoms with Crippen molar-refractivity contribution in [3.63, 3.8) is 0 Å². The minimum atomic E-state index is -0.663. The summed E-state index contributed by atoms with van der Waals surface area (Å²) >= 11 is 0. The Bertz CT molecular complexity index is 1210. The number of nitrogens with one attached hydrogen (secondary N) is 1. The number of rotatable bonds is 5. The zero-order chi connectivity index (χ0) is 21.6. The van der Waals surface area contributed by atoms with Gasteiger partial charge in [-0.25, -0.2) is 4.39 Å². The van der Waals surface area contributed by atoms with Gasteiger partial charge in [0, 0.05) is 0 Å². The highest BCUT2D eigenvalue weighted by Gasteiger charge is 2.51. The number of anilines is 1. The lowest BCUT2D eigenvalue weighted by Gasteiger charge is -2.17. The van der Waals surface area contributed by atoms with Gasteiger partial charge >= 0.3 is 0 Å². The third-order valence-electron chi connectivity index (χ3n) is 6.01. The molecule has 4 nitrogen and oxygen atoms in total. The van der Waals surface area contributed by atoms with Gasteiger partial charge in [-0.3, -0.25) is 4.79 Å². The van der Waals surface area contributed by atoms with E-state index in [-0.39, 0.29) is 18.4 Å². The van der Waals surface area contributed by atoms with E-state index in [1.54, 1.807) is 12.1 Å². The molecule has 0 spiro atoms. The normalized spacial score (nSPS) is 15.4. The molecule has 0 aromatic heterocycles. The van der Waals surface area contributed by atoms with Gasteiger partial charge in [-0.1, -0.05) is 42.5 Å². The van der Waals surface area contributed by atoms with Crippen molar-refractivity contribution in [1.29, 1.82) is 0 Å². The Morgan fingerprint density at radius 2 is 1.77 bits per heavy atom. The van der Waals surface area contributed by atoms with Crippen LogP contribution < -0.4 is 14.8 Å². The van der Waals surface area contributed by atoms with Crippen molar-refractivity contribution in [1.82, 2.24) is 0 Å². The second-order valence-corrected chi connectivity index (χ2v) is 8.16. The first-order chi connectivity index (χ1) is 15.0. The Morgan fingerprint density at radius 3 is 2.55 bits per heavy atom. The Morgan fingerprint density at radius 1 is 1.00 bits per heavy atom. The Labute approximate surface area is 180 Å². The molecular weight excluding hydrogens is 393 g/mol. The molecule has 0 unspecified atom stereocenters. The summed E-state index contributed by atoms with van der Waals surface area (Å²) in [6.45, 7) is 6.11. The van der Waals surface area contributed by atoms with Crippen LogP contribution in [0.15, 0.2) is 67.2 Å². The predicted molar refractivity (Wildman–Crippen MR) is 119 cm³/mol. The molecule has 0 atom stereocenters. The first-order valence-corrected chi connectivity index (χ1v) is 10.2. The average Bonchev–Trinajstić information content (AvgIpc) is 3.46. The smallest absolute Gasteiger partial charge is 0.235 e. The lowest BCUT2D eigenvalue weighted by atomic mass is 9.94. The lowest BCUT2D eigenvalue weighted by molar-refractivity contribution is -0.118. The lowest BCUT2D eigenvalue weighted by Crippen LogP contribution is -2.28. The molecule has 5 heteroatoms. The van der Waals surface area contributed by atoms with E-state index in [0.29, 0.717) is 24.3 Å². The number of carbonyl (C=O) groups excluding carboxylic acids is 1. The average molecular weight is 415 g/mol. The van der Waals surface area contributed by atoms with Crippen LogP contribution in [0.25, 0.3) is 16.7 Å². The molecule has 1 amide bonds. The fourth-order valence-corrected chi connectivity index (χ4v) is 3.97. The number of amides is 1. The van der Waals surface area contributed by atoms with Crippen molar-refractivity contribution in [2.75, 3.05) is 12.1 Å². The highest BCUT2D eigenvalue weighted by atomic mass is 19.1. The number of halogens is 1. The number of ether oxygens (including phenoxy) is 2. The van der Waals surface area contributed by atoms with E-state index in [9.17, 15) is 9.18 Å². The van der Waals surface area contributed by atoms with Crippen LogP contribution in [0.5, 0.6) is 11.5 Å². The molecule has 1 aliphatic heterocycles. The standard InChI is InChI=1S/C26H22FNO3/c1-16(2)17-4-3-5-18(12-17)19-6-8-21(27)22(13-19)28-25(29)26(10-11-26)20-7-9-23-24(14-20)31-15-30-23/h3-9,12-14H,1,10-11,15H2,2H3,(H,28,29). The zero-order valence-electron chi connectivity index (χ0n) is 17.2. The molecular formula is C26H22FNO3. The van der Waals surface area contributed by atoms with Crippen LogP contribution >= 0.6 is 0 Å². The first kappa shape index (κ1) is 19.4. The summed E-state index contributed by atoms with van der Waals surface area (Å²) in [5, 5.41) is 2.82. The summed E-state index contributed by atoms with van der Waals surface area (Å²) in [6, 6.07) is 18.2. The topological polar surface area (TPSA) is 47.6 Å². The Balaban J connectivity index is 1.42. The minimum absolute atomic E-state index is 0.176. The monoisotopic (exact) mass is 415 g/mol. The second kappa shape index (κ2) is 7.27. The van der Waals surface area contributed by atoms with Gasteiger partial charge in [-0.15, -0.1) is 0 Å². The van der Waals surface area contributed by atoms with Crippen LogP contribution in [0.4, 0.5) is 10.1 Å². The molecule has 2 aliphatic rings. The van der Waals surface area contributed by atoms with Gasteiger partial charge in [-0.05, 0) is 72.4 Å². The van der Waals surface area contributed by atoms with E-state index < -0.39 is 11.2 Å². The molecule has 1 heterocycles. The number of fused-ring (bicyclic) bond motifs is 1. The summed E-state index contributed by atoms with van der Waals surface area (Å²) in [6.07, 6.45) is 1.42. The molecule has 1 fully saturated rings. The maximum atomic E-state index is 14.6. The summed E-state index contributed by atoms with van der Waals surface area (Å²) < 4.78 is 25.4. The highest BCUT2D eigenvalue weighted by molar-refractivity contribution is 6.02. The van der Waals surface area contributed by atoms with Gasteiger partial charge in [0.1, 0.15) is 5.82 Å². The molecule has 3 aromatic carbocycles. The van der Waals surface area contributed by atoms with Gasteiger partial charge in [0.15, 0.2) is 11.5 Å². The molecule has 0 radical (unpaired) electrons. The summed E-state index contributed by atoms with van der Waals surface area (Å²) in [5.41, 5.74) is 4.11. The molecule has 3 aromatic rings. The summed E-state index contributed by atoms with van der Waals surface area (Å²) in [4.78, 5) is 13.2. The van der Waals surface area contributed by atoms with Gasteiger partial charge in [0.25, 0.3) is 0 Å². The van der Waals surface area contributed by atoms with Gasteiger partial charge in [0.2, 0.25) is 12.7 Å². The van der Waals surface area contributed by atoms with E-state index in [1.807, 2.05) is 49.4 Å². The van der Waals surface area contributed by atoms with Gasteiger partial charge in [-0.2, -0.15) is 0 Å². The van der Waals surface area contributed by atoms with Crippen LogP contribution in [0.2, 0.25) is 0 Å². The van der Waals surface area contributed by atoms with Crippen molar-refractivity contribution in [3.8, 4) is 22.6 Å². The largest absolute Gasteiger partial charge is 0.454 e. The summed E-state index contributed by atoms with van der Waals surface area (Å²) in [7, 11) is 0. The van der Waals surface area contributed by atoms with Crippen LogP contribution in [0.1, 0.15) is 30.9 Å². The molecule has 0 bridgehead atoms. The molecule has 31 heavy (non-hydrogen) atoms. The molecule has 5 rings (SSSR count). The van der Waals surface area contributed by atoms with Crippen LogP contribution in [-0.2, 0) is 10.2 Å². The molecule has 1 N–H and O–H groups in total.